The lowest BCUT2D eigenvalue weighted by Gasteiger charge is -2.25. The number of rotatable bonds is 3. The van der Waals surface area contributed by atoms with Crippen LogP contribution >= 0.6 is 15.9 Å². The number of carboxylic acids is 1. The molecule has 0 aliphatic heterocycles. The Balaban J connectivity index is 3.20. The number of ether oxygens (including phenoxy) is 1. The molecule has 92 valence electrons. The van der Waals surface area contributed by atoms with Crippen LogP contribution in [0.15, 0.2) is 28.7 Å². The Bertz CT molecular complexity index is 435. The molecule has 0 radical (unpaired) electrons. The summed E-state index contributed by atoms with van der Waals surface area (Å²) in [6.07, 6.45) is -0.716. The van der Waals surface area contributed by atoms with Gasteiger partial charge >= 0.3 is 12.1 Å². The van der Waals surface area contributed by atoms with Crippen LogP contribution in [0.4, 0.5) is 10.5 Å². The van der Waals surface area contributed by atoms with E-state index in [1.165, 1.54) is 14.0 Å². The molecule has 1 aromatic carbocycles. The van der Waals surface area contributed by atoms with Gasteiger partial charge in [0.15, 0.2) is 0 Å². The third-order valence-corrected chi connectivity index (χ3v) is 2.90. The fourth-order valence-corrected chi connectivity index (χ4v) is 1.80. The third kappa shape index (κ3) is 2.97. The van der Waals surface area contributed by atoms with Gasteiger partial charge in [-0.05, 0) is 35.0 Å². The van der Waals surface area contributed by atoms with Gasteiger partial charge < -0.3 is 9.84 Å². The number of methoxy groups -OCH3 is 1. The Labute approximate surface area is 107 Å². The lowest BCUT2D eigenvalue weighted by molar-refractivity contribution is -0.138. The van der Waals surface area contributed by atoms with Crippen LogP contribution in [0.5, 0.6) is 0 Å². The number of anilines is 1. The molecule has 0 fully saturated rings. The molecule has 6 heteroatoms. The van der Waals surface area contributed by atoms with Crippen LogP contribution < -0.4 is 4.90 Å². The second kappa shape index (κ2) is 5.67. The van der Waals surface area contributed by atoms with E-state index in [2.05, 4.69) is 20.7 Å². The quantitative estimate of drug-likeness (QED) is 0.931. The van der Waals surface area contributed by atoms with Crippen molar-refractivity contribution < 1.29 is 19.4 Å². The van der Waals surface area contributed by atoms with E-state index in [0.717, 1.165) is 4.90 Å². The van der Waals surface area contributed by atoms with Gasteiger partial charge in [0.25, 0.3) is 0 Å². The molecule has 0 aliphatic carbocycles. The van der Waals surface area contributed by atoms with Gasteiger partial charge in [-0.3, -0.25) is 4.90 Å². The van der Waals surface area contributed by atoms with E-state index in [1.54, 1.807) is 24.3 Å². The van der Waals surface area contributed by atoms with Crippen molar-refractivity contribution in [2.45, 2.75) is 13.0 Å². The average molecular weight is 302 g/mol. The number of carbonyl (C=O) groups excluding carboxylic acids is 1. The van der Waals surface area contributed by atoms with Crippen molar-refractivity contribution >= 4 is 33.7 Å². The standard InChI is InChI=1S/C11H12BrNO4/c1-7(10(14)15)13(11(16)17-2)9-6-4-3-5-8(9)12/h3-7H,1-2H3,(H,14,15)/t7-/m0/s1. The van der Waals surface area contributed by atoms with Crippen LogP contribution in [0.3, 0.4) is 0 Å². The Morgan fingerprint density at radius 3 is 2.47 bits per heavy atom. The van der Waals surface area contributed by atoms with Crippen molar-refractivity contribution in [3.63, 3.8) is 0 Å². The highest BCUT2D eigenvalue weighted by atomic mass is 79.9. The number of hydrogen-bond donors (Lipinski definition) is 1. The zero-order valence-corrected chi connectivity index (χ0v) is 11.0. The first-order valence-electron chi connectivity index (χ1n) is 4.83. The molecule has 1 aromatic rings. The number of nitrogens with zero attached hydrogens (tertiary/aromatic N) is 1. The number of carbonyl (C=O) groups is 2. The first kappa shape index (κ1) is 13.5. The van der Waals surface area contributed by atoms with E-state index >= 15 is 0 Å². The number of aliphatic carboxylic acids is 1. The summed E-state index contributed by atoms with van der Waals surface area (Å²) in [7, 11) is 1.21. The molecule has 0 aromatic heterocycles. The fraction of sp³-hybridized carbons (Fsp3) is 0.273. The van der Waals surface area contributed by atoms with E-state index < -0.39 is 18.1 Å². The van der Waals surface area contributed by atoms with Crippen molar-refractivity contribution in [2.24, 2.45) is 0 Å². The molecule has 0 aliphatic rings. The molecule has 0 bridgehead atoms. The van der Waals surface area contributed by atoms with Crippen LogP contribution in [0.2, 0.25) is 0 Å². The Hall–Kier alpha value is -1.56. The second-order valence-corrected chi connectivity index (χ2v) is 4.16. The second-order valence-electron chi connectivity index (χ2n) is 3.31. The zero-order valence-electron chi connectivity index (χ0n) is 9.38. The van der Waals surface area contributed by atoms with Gasteiger partial charge in [-0.15, -0.1) is 0 Å². The maximum atomic E-state index is 11.6. The zero-order chi connectivity index (χ0) is 13.0. The van der Waals surface area contributed by atoms with E-state index in [0.29, 0.717) is 10.2 Å². The maximum Gasteiger partial charge on any atom is 0.414 e. The molecular formula is C11H12BrNO4. The summed E-state index contributed by atoms with van der Waals surface area (Å²) in [4.78, 5) is 23.7. The molecular weight excluding hydrogens is 290 g/mol. The van der Waals surface area contributed by atoms with E-state index in [1.807, 2.05) is 0 Å². The molecule has 1 rings (SSSR count). The van der Waals surface area contributed by atoms with Crippen molar-refractivity contribution in [1.82, 2.24) is 0 Å². The summed E-state index contributed by atoms with van der Waals surface area (Å²) < 4.78 is 5.22. The van der Waals surface area contributed by atoms with Crippen LogP contribution in [0.25, 0.3) is 0 Å². The van der Waals surface area contributed by atoms with Gasteiger partial charge in [-0.25, -0.2) is 9.59 Å². The Morgan fingerprint density at radius 2 is 2.00 bits per heavy atom. The van der Waals surface area contributed by atoms with Gasteiger partial charge in [-0.2, -0.15) is 0 Å². The van der Waals surface area contributed by atoms with Crippen LogP contribution in [-0.4, -0.2) is 30.3 Å². The van der Waals surface area contributed by atoms with Crippen LogP contribution in [0, 0.1) is 0 Å². The molecule has 0 spiro atoms. The first-order valence-corrected chi connectivity index (χ1v) is 5.62. The molecule has 0 saturated heterocycles. The highest BCUT2D eigenvalue weighted by molar-refractivity contribution is 9.10. The van der Waals surface area contributed by atoms with E-state index in [9.17, 15) is 9.59 Å². The van der Waals surface area contributed by atoms with Gasteiger partial charge in [0, 0.05) is 4.47 Å². The summed E-state index contributed by atoms with van der Waals surface area (Å²) in [6, 6.07) is 5.83. The van der Waals surface area contributed by atoms with Gasteiger partial charge in [-0.1, -0.05) is 12.1 Å². The number of benzene rings is 1. The summed E-state index contributed by atoms with van der Waals surface area (Å²) in [5.41, 5.74) is 0.453. The van der Waals surface area contributed by atoms with Gasteiger partial charge in [0.05, 0.1) is 12.8 Å². The topological polar surface area (TPSA) is 66.8 Å². The molecule has 1 amide bonds. The smallest absolute Gasteiger partial charge is 0.414 e. The lowest BCUT2D eigenvalue weighted by atomic mass is 10.2. The average Bonchev–Trinajstić information content (AvgIpc) is 2.31. The van der Waals surface area contributed by atoms with Crippen molar-refractivity contribution in [2.75, 3.05) is 12.0 Å². The highest BCUT2D eigenvalue weighted by Crippen LogP contribution is 2.27. The monoisotopic (exact) mass is 301 g/mol. The summed E-state index contributed by atoms with van der Waals surface area (Å²) in [5.74, 6) is -1.11. The van der Waals surface area contributed by atoms with Crippen molar-refractivity contribution in [3.8, 4) is 0 Å². The predicted molar refractivity (Wildman–Crippen MR) is 66.1 cm³/mol. The molecule has 0 unspecified atom stereocenters. The molecule has 0 saturated carbocycles. The van der Waals surface area contributed by atoms with Crippen LogP contribution in [0.1, 0.15) is 6.92 Å². The van der Waals surface area contributed by atoms with Gasteiger partial charge in [0.1, 0.15) is 6.04 Å². The highest BCUT2D eigenvalue weighted by Gasteiger charge is 2.29. The molecule has 1 N–H and O–H groups in total. The van der Waals surface area contributed by atoms with E-state index in [4.69, 9.17) is 5.11 Å². The minimum Gasteiger partial charge on any atom is -0.480 e. The number of carboxylic acid groups (broad SMARTS) is 1. The summed E-state index contributed by atoms with van der Waals surface area (Å²) in [6.45, 7) is 1.42. The minimum atomic E-state index is -1.11. The van der Waals surface area contributed by atoms with E-state index in [-0.39, 0.29) is 0 Å². The van der Waals surface area contributed by atoms with Gasteiger partial charge in [0.2, 0.25) is 0 Å². The molecule has 0 heterocycles. The maximum absolute atomic E-state index is 11.6. The molecule has 17 heavy (non-hydrogen) atoms. The third-order valence-electron chi connectivity index (χ3n) is 2.23. The number of para-hydroxylation sites is 1. The Kier molecular flexibility index (Phi) is 4.51. The molecule has 1 atom stereocenters. The summed E-state index contributed by atoms with van der Waals surface area (Å²) >= 11 is 3.27. The predicted octanol–water partition coefficient (Wildman–Crippen LogP) is 2.50. The summed E-state index contributed by atoms with van der Waals surface area (Å²) in [5, 5.41) is 8.98. The number of amides is 1. The Morgan fingerprint density at radius 1 is 1.41 bits per heavy atom. The largest absolute Gasteiger partial charge is 0.480 e. The minimum absolute atomic E-state index is 0.453. The SMILES string of the molecule is COC(=O)N(c1ccccc1Br)[C@@H](C)C(=O)O. The normalized spacial score (nSPS) is 11.7. The van der Waals surface area contributed by atoms with Crippen molar-refractivity contribution in [3.05, 3.63) is 28.7 Å². The lowest BCUT2D eigenvalue weighted by Crippen LogP contribution is -2.43. The van der Waals surface area contributed by atoms with Crippen molar-refractivity contribution in [1.29, 1.82) is 0 Å². The van der Waals surface area contributed by atoms with Crippen LogP contribution in [-0.2, 0) is 9.53 Å². The number of hydrogen-bond acceptors (Lipinski definition) is 3. The first-order chi connectivity index (χ1) is 7.99. The fourth-order valence-electron chi connectivity index (χ4n) is 1.32. The number of halogens is 1. The molecule has 5 nitrogen and oxygen atoms in total.